The molecule has 0 saturated heterocycles. The van der Waals surface area contributed by atoms with Crippen molar-refractivity contribution >= 4 is 22.9 Å². The number of hydrogen-bond acceptors (Lipinski definition) is 3. The first kappa shape index (κ1) is 12.2. The first-order valence-corrected chi connectivity index (χ1v) is 5.12. The minimum atomic E-state index is -4.51. The van der Waals surface area contributed by atoms with E-state index in [1.807, 2.05) is 0 Å². The Hall–Kier alpha value is -1.31. The molecule has 0 N–H and O–H groups in total. The molecule has 2 rings (SSSR count). The molecule has 0 aliphatic carbocycles. The van der Waals surface area contributed by atoms with E-state index in [1.54, 1.807) is 0 Å². The van der Waals surface area contributed by atoms with E-state index in [9.17, 15) is 22.0 Å². The summed E-state index contributed by atoms with van der Waals surface area (Å²) in [4.78, 5) is 3.12. The van der Waals surface area contributed by atoms with Crippen LogP contribution in [0.5, 0.6) is 0 Å². The fourth-order valence-electron chi connectivity index (χ4n) is 1.24. The maximum atomic E-state index is 12.3. The molecule has 0 radical (unpaired) electrons. The Morgan fingerprint density at radius 3 is 2.53 bits per heavy atom. The van der Waals surface area contributed by atoms with Gasteiger partial charge in [-0.05, 0) is 23.9 Å². The maximum absolute atomic E-state index is 12.3. The molecule has 0 amide bonds. The first-order chi connectivity index (χ1) is 7.87. The van der Waals surface area contributed by atoms with Crippen LogP contribution in [0.1, 0.15) is 12.3 Å². The highest BCUT2D eigenvalue weighted by molar-refractivity contribution is 8.00. The summed E-state index contributed by atoms with van der Waals surface area (Å²) in [6.07, 6.45) is -2.95. The van der Waals surface area contributed by atoms with Crippen LogP contribution in [0.2, 0.25) is 0 Å². The summed E-state index contributed by atoms with van der Waals surface area (Å²) in [7, 11) is 0. The molecule has 2 aromatic rings. The predicted octanol–water partition coefficient (Wildman–Crippen LogP) is 4.38. The summed E-state index contributed by atoms with van der Waals surface area (Å²) in [6.45, 7) is 0. The Morgan fingerprint density at radius 1 is 1.24 bits per heavy atom. The van der Waals surface area contributed by atoms with Gasteiger partial charge in [-0.15, -0.1) is 0 Å². The lowest BCUT2D eigenvalue weighted by Crippen LogP contribution is -1.98. The number of hydrogen-bond donors (Lipinski definition) is 0. The fourth-order valence-corrected chi connectivity index (χ4v) is 1.87. The number of fused-ring (bicyclic) bond motifs is 1. The zero-order valence-corrected chi connectivity index (χ0v) is 8.78. The van der Waals surface area contributed by atoms with Crippen LogP contribution in [-0.4, -0.2) is 10.5 Å². The molecule has 0 aliphatic rings. The molecule has 0 unspecified atom stereocenters. The quantitative estimate of drug-likeness (QED) is 0.597. The van der Waals surface area contributed by atoms with E-state index >= 15 is 0 Å². The van der Waals surface area contributed by atoms with Crippen LogP contribution >= 0.6 is 11.8 Å². The van der Waals surface area contributed by atoms with Gasteiger partial charge in [0.05, 0.1) is 4.90 Å². The topological polar surface area (TPSA) is 26.0 Å². The monoisotopic (exact) mass is 269 g/mol. The largest absolute Gasteiger partial charge is 0.446 e. The Balaban J connectivity index is 2.49. The standard InChI is InChI=1S/C9H4F5NOS/c10-7(11)8-15-4-2-1-3-5(6(4)16-8)17-9(12,13)14/h1-3,7H. The van der Waals surface area contributed by atoms with Gasteiger partial charge in [-0.1, -0.05) is 6.07 Å². The van der Waals surface area contributed by atoms with Gasteiger partial charge in [0.2, 0.25) is 0 Å². The second kappa shape index (κ2) is 4.17. The van der Waals surface area contributed by atoms with Gasteiger partial charge >= 0.3 is 11.9 Å². The van der Waals surface area contributed by atoms with Crippen LogP contribution in [0, 0.1) is 0 Å². The van der Waals surface area contributed by atoms with Crippen molar-refractivity contribution in [3.05, 3.63) is 24.1 Å². The average molecular weight is 269 g/mol. The first-order valence-electron chi connectivity index (χ1n) is 4.30. The highest BCUT2D eigenvalue weighted by Crippen LogP contribution is 2.40. The van der Waals surface area contributed by atoms with Gasteiger partial charge in [0, 0.05) is 0 Å². The molecule has 2 nitrogen and oxygen atoms in total. The van der Waals surface area contributed by atoms with Crippen LogP contribution in [0.25, 0.3) is 11.1 Å². The summed E-state index contributed by atoms with van der Waals surface area (Å²) in [5.41, 5.74) is -4.80. The van der Waals surface area contributed by atoms with Gasteiger partial charge < -0.3 is 4.42 Å². The Morgan fingerprint density at radius 2 is 1.94 bits per heavy atom. The molecule has 0 atom stereocenters. The van der Waals surface area contributed by atoms with Gasteiger partial charge in [-0.3, -0.25) is 0 Å². The molecule has 0 spiro atoms. The highest BCUT2D eigenvalue weighted by atomic mass is 32.2. The number of alkyl halides is 5. The van der Waals surface area contributed by atoms with E-state index < -0.39 is 29.6 Å². The van der Waals surface area contributed by atoms with Crippen molar-refractivity contribution in [2.24, 2.45) is 0 Å². The second-order valence-corrected chi connectivity index (χ2v) is 4.11. The maximum Gasteiger partial charge on any atom is 0.446 e. The third-order valence-corrected chi connectivity index (χ3v) is 2.58. The molecular formula is C9H4F5NOS. The molecule has 0 aliphatic heterocycles. The normalized spacial score (nSPS) is 12.6. The number of thioether (sulfide) groups is 1. The van der Waals surface area contributed by atoms with Crippen molar-refractivity contribution in [3.8, 4) is 0 Å². The van der Waals surface area contributed by atoms with Gasteiger partial charge in [0.1, 0.15) is 5.52 Å². The van der Waals surface area contributed by atoms with E-state index in [2.05, 4.69) is 9.40 Å². The van der Waals surface area contributed by atoms with Crippen molar-refractivity contribution in [3.63, 3.8) is 0 Å². The summed E-state index contributed by atoms with van der Waals surface area (Å²) < 4.78 is 65.8. The number of rotatable bonds is 2. The molecule has 0 saturated carbocycles. The molecular weight excluding hydrogens is 265 g/mol. The molecule has 1 aromatic heterocycles. The van der Waals surface area contributed by atoms with Gasteiger partial charge in [0.25, 0.3) is 5.89 Å². The molecule has 1 heterocycles. The smallest absolute Gasteiger partial charge is 0.434 e. The lowest BCUT2D eigenvalue weighted by Gasteiger charge is -2.04. The van der Waals surface area contributed by atoms with Crippen molar-refractivity contribution in [2.45, 2.75) is 16.8 Å². The van der Waals surface area contributed by atoms with E-state index in [-0.39, 0.29) is 16.0 Å². The number of halogens is 5. The highest BCUT2D eigenvalue weighted by Gasteiger charge is 2.31. The number of benzene rings is 1. The van der Waals surface area contributed by atoms with Crippen LogP contribution < -0.4 is 0 Å². The Labute approximate surface area is 95.8 Å². The van der Waals surface area contributed by atoms with Crippen molar-refractivity contribution in [2.75, 3.05) is 0 Å². The number of aromatic nitrogens is 1. The molecule has 8 heteroatoms. The Bertz CT molecular complexity index is 536. The number of para-hydroxylation sites is 1. The van der Waals surface area contributed by atoms with Crippen molar-refractivity contribution in [1.29, 1.82) is 0 Å². The second-order valence-electron chi connectivity index (χ2n) is 3.01. The van der Waals surface area contributed by atoms with Crippen LogP contribution in [-0.2, 0) is 0 Å². The molecule has 92 valence electrons. The van der Waals surface area contributed by atoms with E-state index in [0.29, 0.717) is 0 Å². The third kappa shape index (κ3) is 2.68. The zero-order valence-electron chi connectivity index (χ0n) is 7.96. The van der Waals surface area contributed by atoms with Gasteiger partial charge in [0.15, 0.2) is 5.58 Å². The molecule has 0 fully saturated rings. The van der Waals surface area contributed by atoms with Crippen LogP contribution in [0.15, 0.2) is 27.5 Å². The Kier molecular flexibility index (Phi) is 2.98. The number of oxazole rings is 1. The molecule has 17 heavy (non-hydrogen) atoms. The van der Waals surface area contributed by atoms with E-state index in [1.165, 1.54) is 12.1 Å². The molecule has 1 aromatic carbocycles. The minimum absolute atomic E-state index is 0.0189. The fraction of sp³-hybridized carbons (Fsp3) is 0.222. The number of nitrogens with zero attached hydrogens (tertiary/aromatic N) is 1. The van der Waals surface area contributed by atoms with Crippen molar-refractivity contribution in [1.82, 2.24) is 4.98 Å². The molecule has 0 bridgehead atoms. The van der Waals surface area contributed by atoms with Crippen LogP contribution in [0.4, 0.5) is 22.0 Å². The van der Waals surface area contributed by atoms with Gasteiger partial charge in [-0.25, -0.2) is 4.98 Å². The van der Waals surface area contributed by atoms with Crippen molar-refractivity contribution < 1.29 is 26.4 Å². The average Bonchev–Trinajstić information content (AvgIpc) is 2.60. The third-order valence-electron chi connectivity index (χ3n) is 1.81. The summed E-state index contributed by atoms with van der Waals surface area (Å²) in [5.74, 6) is -0.879. The summed E-state index contributed by atoms with van der Waals surface area (Å²) >= 11 is -0.423. The van der Waals surface area contributed by atoms with E-state index in [0.717, 1.165) is 6.07 Å². The lowest BCUT2D eigenvalue weighted by atomic mass is 10.3. The minimum Gasteiger partial charge on any atom is -0.434 e. The SMILES string of the molecule is FC(F)c1nc2cccc(SC(F)(F)F)c2o1. The lowest BCUT2D eigenvalue weighted by molar-refractivity contribution is -0.0328. The summed E-state index contributed by atoms with van der Waals surface area (Å²) in [5, 5.41) is 0. The zero-order chi connectivity index (χ0) is 12.6. The predicted molar refractivity (Wildman–Crippen MR) is 50.9 cm³/mol. The van der Waals surface area contributed by atoms with Gasteiger partial charge in [-0.2, -0.15) is 22.0 Å². The summed E-state index contributed by atoms with van der Waals surface area (Å²) in [6, 6.07) is 3.75. The van der Waals surface area contributed by atoms with E-state index in [4.69, 9.17) is 0 Å². The van der Waals surface area contributed by atoms with Crippen LogP contribution in [0.3, 0.4) is 0 Å².